The summed E-state index contributed by atoms with van der Waals surface area (Å²) in [5.41, 5.74) is 3.40. The maximum atomic E-state index is 12.8. The van der Waals surface area contributed by atoms with E-state index in [1.807, 2.05) is 66.7 Å². The van der Waals surface area contributed by atoms with E-state index in [-0.39, 0.29) is 17.8 Å². The minimum Gasteiger partial charge on any atom is -0.462 e. The zero-order valence-corrected chi connectivity index (χ0v) is 18.3. The molecule has 0 aliphatic rings. The van der Waals surface area contributed by atoms with Gasteiger partial charge in [-0.05, 0) is 60.9 Å². The second-order valence-electron chi connectivity index (χ2n) is 7.28. The summed E-state index contributed by atoms with van der Waals surface area (Å²) in [6.45, 7) is 2.11. The molecule has 1 N–H and O–H groups in total. The number of esters is 1. The topological polar surface area (TPSA) is 55.4 Å². The van der Waals surface area contributed by atoms with E-state index in [1.165, 1.54) is 0 Å². The van der Waals surface area contributed by atoms with E-state index in [0.29, 0.717) is 30.0 Å². The molecular formula is C26H26ClNO3. The fraction of sp³-hybridized carbons (Fsp3) is 0.231. The van der Waals surface area contributed by atoms with Gasteiger partial charge in [-0.1, -0.05) is 54.1 Å². The zero-order valence-electron chi connectivity index (χ0n) is 17.5. The molecule has 0 radical (unpaired) electrons. The molecule has 5 heteroatoms. The third-order valence-corrected chi connectivity index (χ3v) is 5.19. The van der Waals surface area contributed by atoms with Crippen molar-refractivity contribution in [2.24, 2.45) is 0 Å². The largest absolute Gasteiger partial charge is 0.462 e. The van der Waals surface area contributed by atoms with Crippen LogP contribution in [-0.4, -0.2) is 18.4 Å². The molecular weight excluding hydrogens is 410 g/mol. The first-order valence-electron chi connectivity index (χ1n) is 10.4. The van der Waals surface area contributed by atoms with Gasteiger partial charge in [0.1, 0.15) is 5.78 Å². The molecule has 31 heavy (non-hydrogen) atoms. The lowest BCUT2D eigenvalue weighted by Crippen LogP contribution is -2.16. The van der Waals surface area contributed by atoms with Crippen molar-refractivity contribution in [1.82, 2.24) is 0 Å². The van der Waals surface area contributed by atoms with Gasteiger partial charge in [0.05, 0.1) is 18.2 Å². The predicted octanol–water partition coefficient (Wildman–Crippen LogP) is 6.26. The van der Waals surface area contributed by atoms with Gasteiger partial charge in [-0.3, -0.25) is 4.79 Å². The van der Waals surface area contributed by atoms with Crippen molar-refractivity contribution in [3.63, 3.8) is 0 Å². The molecule has 0 aliphatic heterocycles. The fourth-order valence-corrected chi connectivity index (χ4v) is 3.55. The van der Waals surface area contributed by atoms with Gasteiger partial charge in [0.25, 0.3) is 0 Å². The zero-order chi connectivity index (χ0) is 22.1. The van der Waals surface area contributed by atoms with E-state index in [2.05, 4.69) is 5.32 Å². The Kier molecular flexibility index (Phi) is 8.25. The van der Waals surface area contributed by atoms with Crippen LogP contribution in [0, 0.1) is 0 Å². The average molecular weight is 436 g/mol. The summed E-state index contributed by atoms with van der Waals surface area (Å²) in [5.74, 6) is -0.180. The molecule has 0 aromatic heterocycles. The summed E-state index contributed by atoms with van der Waals surface area (Å²) in [4.78, 5) is 24.6. The van der Waals surface area contributed by atoms with E-state index in [9.17, 15) is 9.59 Å². The van der Waals surface area contributed by atoms with Gasteiger partial charge in [0.15, 0.2) is 0 Å². The van der Waals surface area contributed by atoms with E-state index >= 15 is 0 Å². The second kappa shape index (κ2) is 11.3. The predicted molar refractivity (Wildman–Crippen MR) is 125 cm³/mol. The molecule has 1 atom stereocenters. The second-order valence-corrected chi connectivity index (χ2v) is 7.71. The molecule has 0 heterocycles. The summed E-state index contributed by atoms with van der Waals surface area (Å²) in [5, 5.41) is 4.04. The lowest BCUT2D eigenvalue weighted by Gasteiger charge is -2.20. The molecule has 0 amide bonds. The summed E-state index contributed by atoms with van der Waals surface area (Å²) < 4.78 is 5.03. The number of halogens is 1. The van der Waals surface area contributed by atoms with Crippen LogP contribution in [0.4, 0.5) is 5.69 Å². The van der Waals surface area contributed by atoms with Gasteiger partial charge in [-0.25, -0.2) is 4.79 Å². The molecule has 0 saturated heterocycles. The van der Waals surface area contributed by atoms with Gasteiger partial charge in [0.2, 0.25) is 0 Å². The number of benzene rings is 3. The lowest BCUT2D eigenvalue weighted by atomic mass is 9.97. The first-order chi connectivity index (χ1) is 15.0. The van der Waals surface area contributed by atoms with E-state index < -0.39 is 0 Å². The number of anilines is 1. The van der Waals surface area contributed by atoms with Crippen molar-refractivity contribution >= 4 is 29.0 Å². The molecule has 0 bridgehead atoms. The average Bonchev–Trinajstić information content (AvgIpc) is 2.78. The molecule has 1 unspecified atom stereocenters. The van der Waals surface area contributed by atoms with Crippen molar-refractivity contribution in [2.75, 3.05) is 11.9 Å². The molecule has 0 spiro atoms. The van der Waals surface area contributed by atoms with Crippen molar-refractivity contribution in [3.05, 3.63) is 101 Å². The van der Waals surface area contributed by atoms with Gasteiger partial charge in [-0.15, -0.1) is 0 Å². The minimum atomic E-state index is -0.350. The number of ketones is 1. The number of rotatable bonds is 10. The Hall–Kier alpha value is -3.11. The maximum absolute atomic E-state index is 12.8. The molecule has 0 fully saturated rings. The van der Waals surface area contributed by atoms with Crippen molar-refractivity contribution in [3.8, 4) is 0 Å². The summed E-state index contributed by atoms with van der Waals surface area (Å²) >= 11 is 6.19. The Bertz CT molecular complexity index is 1000. The summed E-state index contributed by atoms with van der Waals surface area (Å²) in [7, 11) is 0. The lowest BCUT2D eigenvalue weighted by molar-refractivity contribution is -0.119. The number of aryl methyl sites for hydroxylation is 1. The van der Waals surface area contributed by atoms with Crippen LogP contribution >= 0.6 is 11.6 Å². The van der Waals surface area contributed by atoms with Crippen molar-refractivity contribution in [2.45, 2.75) is 32.2 Å². The Labute approximate surface area is 188 Å². The molecule has 3 aromatic carbocycles. The Morgan fingerprint density at radius 2 is 1.71 bits per heavy atom. The number of ether oxygens (including phenoxy) is 1. The maximum Gasteiger partial charge on any atom is 0.338 e. The molecule has 3 rings (SSSR count). The Morgan fingerprint density at radius 3 is 2.39 bits per heavy atom. The van der Waals surface area contributed by atoms with Crippen molar-refractivity contribution in [1.29, 1.82) is 0 Å². The number of carbonyl (C=O) groups is 2. The van der Waals surface area contributed by atoms with Crippen LogP contribution in [0.25, 0.3) is 0 Å². The van der Waals surface area contributed by atoms with Gasteiger partial charge >= 0.3 is 5.97 Å². The highest BCUT2D eigenvalue weighted by molar-refractivity contribution is 6.30. The van der Waals surface area contributed by atoms with E-state index in [4.69, 9.17) is 16.3 Å². The number of hydrogen-bond donors (Lipinski definition) is 1. The van der Waals surface area contributed by atoms with Crippen LogP contribution in [-0.2, 0) is 16.0 Å². The fourth-order valence-electron chi connectivity index (χ4n) is 3.35. The minimum absolute atomic E-state index is 0.171. The van der Waals surface area contributed by atoms with Crippen LogP contribution in [0.1, 0.15) is 47.3 Å². The number of hydrogen-bond acceptors (Lipinski definition) is 4. The van der Waals surface area contributed by atoms with Gasteiger partial charge in [-0.2, -0.15) is 0 Å². The molecule has 4 nitrogen and oxygen atoms in total. The Morgan fingerprint density at radius 1 is 0.968 bits per heavy atom. The highest BCUT2D eigenvalue weighted by Gasteiger charge is 2.17. The first kappa shape index (κ1) is 22.6. The van der Waals surface area contributed by atoms with Crippen LogP contribution in [0.5, 0.6) is 0 Å². The highest BCUT2D eigenvalue weighted by atomic mass is 35.5. The quantitative estimate of drug-likeness (QED) is 0.382. The molecule has 3 aromatic rings. The van der Waals surface area contributed by atoms with E-state index in [0.717, 1.165) is 23.2 Å². The van der Waals surface area contributed by atoms with Crippen LogP contribution < -0.4 is 5.32 Å². The highest BCUT2D eigenvalue weighted by Crippen LogP contribution is 2.26. The smallest absolute Gasteiger partial charge is 0.338 e. The normalized spacial score (nSPS) is 11.5. The number of carbonyl (C=O) groups excluding carboxylic acids is 2. The van der Waals surface area contributed by atoms with Gasteiger partial charge < -0.3 is 10.1 Å². The molecule has 0 saturated carbocycles. The van der Waals surface area contributed by atoms with Crippen LogP contribution in [0.3, 0.4) is 0 Å². The Balaban J connectivity index is 1.71. The van der Waals surface area contributed by atoms with Crippen LogP contribution in [0.2, 0.25) is 5.02 Å². The molecule has 160 valence electrons. The number of nitrogens with one attached hydrogen (secondary N) is 1. The monoisotopic (exact) mass is 435 g/mol. The number of Topliss-reactive ketones (excluding diaryl/α,β-unsaturated/α-hetero) is 1. The van der Waals surface area contributed by atoms with Crippen molar-refractivity contribution < 1.29 is 14.3 Å². The summed E-state index contributed by atoms with van der Waals surface area (Å²) in [6.07, 6.45) is 1.54. The molecule has 0 aliphatic carbocycles. The third kappa shape index (κ3) is 6.97. The third-order valence-electron chi connectivity index (χ3n) is 4.96. The van der Waals surface area contributed by atoms with Crippen LogP contribution in [0.15, 0.2) is 78.9 Å². The van der Waals surface area contributed by atoms with E-state index in [1.54, 1.807) is 19.1 Å². The summed E-state index contributed by atoms with van der Waals surface area (Å²) in [6, 6.07) is 24.4. The standard InChI is InChI=1S/C26H26ClNO3/c1-2-31-26(30)20-12-14-23(15-13-20)28-25(21-9-6-10-22(27)17-21)18-24(29)16-11-19-7-4-3-5-8-19/h3-10,12-15,17,25,28H,2,11,16,18H2,1H3. The SMILES string of the molecule is CCOC(=O)c1ccc(NC(CC(=O)CCc2ccccc2)c2cccc(Cl)c2)cc1. The van der Waals surface area contributed by atoms with Gasteiger partial charge in [0, 0.05) is 23.6 Å². The first-order valence-corrected chi connectivity index (χ1v) is 10.8.